The number of carboxylic acid groups (broad SMARTS) is 1. The molecule has 28 heteroatoms. The molecule has 1 unspecified atom stereocenters. The van der Waals surface area contributed by atoms with E-state index in [-0.39, 0.29) is 55.5 Å². The zero-order valence-electron chi connectivity index (χ0n) is 32.8. The van der Waals surface area contributed by atoms with Crippen LogP contribution in [0.2, 0.25) is 0 Å². The van der Waals surface area contributed by atoms with Crippen LogP contribution in [0.15, 0.2) is 46.1 Å². The number of hydrazine groups is 1. The van der Waals surface area contributed by atoms with Gasteiger partial charge in [-0.25, -0.2) is 14.8 Å². The molecule has 0 bridgehead atoms. The minimum absolute atomic E-state index is 0.00128. The van der Waals surface area contributed by atoms with Crippen molar-refractivity contribution in [3.63, 3.8) is 0 Å². The number of nitrogens with zero attached hydrogens (tertiary/aromatic N) is 7. The number of fused-ring (bicyclic) bond motifs is 2. The van der Waals surface area contributed by atoms with Gasteiger partial charge in [0.15, 0.2) is 22.3 Å². The van der Waals surface area contributed by atoms with Crippen molar-refractivity contribution in [1.82, 2.24) is 45.6 Å². The standard InChI is InChI=1S/C35H30F3N11O11S3/c1-12-8-18(49-33(40-12)43-30(46-49)35(36,37)38)24(61)16-10-62-28-22(27(54)48(28)23(16)29(55)56)42-26(53)21(17-11-63-32(39)41-17)47-60-34(4,5)31(57)45-44-25(52)15-6-7-19(58-13(2)50)20(9-15)59-14(3)51/h6-9,11,22,28H,10H2,1-5H3,(H2,39,41)(H,42,53)(H,44,52)(H,45,57)(H,55,56)/t22?,28-/m0/s1. The normalized spacial score (nSPS) is 16.4. The lowest BCUT2D eigenvalue weighted by Crippen LogP contribution is -2.71. The van der Waals surface area contributed by atoms with Crippen LogP contribution in [0.25, 0.3) is 5.78 Å². The number of aliphatic carboxylic acids is 1. The highest BCUT2D eigenvalue weighted by molar-refractivity contribution is 8.00. The van der Waals surface area contributed by atoms with Crippen LogP contribution < -0.4 is 31.4 Å². The fraction of sp³-hybridized carbons (Fsp3) is 0.286. The molecule has 5 heterocycles. The Hall–Kier alpha value is -7.07. The van der Waals surface area contributed by atoms with Gasteiger partial charge in [-0.2, -0.15) is 22.7 Å². The van der Waals surface area contributed by atoms with Gasteiger partial charge in [-0.15, -0.1) is 28.2 Å². The molecule has 22 nitrogen and oxygen atoms in total. The number of carbonyl (C=O) groups is 7. The predicted molar refractivity (Wildman–Crippen MR) is 215 cm³/mol. The van der Waals surface area contributed by atoms with Crippen molar-refractivity contribution in [3.05, 3.63) is 69.4 Å². The Balaban J connectivity index is 1.17. The number of oxime groups is 1. The van der Waals surface area contributed by atoms with E-state index in [2.05, 4.69) is 41.4 Å². The van der Waals surface area contributed by atoms with E-state index in [1.807, 2.05) is 0 Å². The van der Waals surface area contributed by atoms with Gasteiger partial charge in [-0.1, -0.05) is 17.4 Å². The van der Waals surface area contributed by atoms with E-state index in [1.54, 1.807) is 0 Å². The second kappa shape index (κ2) is 17.4. The largest absolute Gasteiger partial charge is 0.477 e. The average molecular weight is 934 g/mol. The number of hydrogen-bond donors (Lipinski definition) is 5. The molecule has 0 radical (unpaired) electrons. The number of amides is 4. The van der Waals surface area contributed by atoms with Crippen molar-refractivity contribution in [1.29, 1.82) is 0 Å². The van der Waals surface area contributed by atoms with Gasteiger partial charge in [0.2, 0.25) is 5.60 Å². The summed E-state index contributed by atoms with van der Waals surface area (Å²) in [5.41, 5.74) is 6.68. The van der Waals surface area contributed by atoms with Crippen molar-refractivity contribution >= 4 is 98.3 Å². The van der Waals surface area contributed by atoms with E-state index in [9.17, 15) is 51.8 Å². The third kappa shape index (κ3) is 9.55. The maximum Gasteiger partial charge on any atom is 0.453 e. The highest BCUT2D eigenvalue weighted by Gasteiger charge is 2.55. The Morgan fingerprint density at radius 2 is 1.70 bits per heavy atom. The molecule has 0 spiro atoms. The lowest BCUT2D eigenvalue weighted by atomic mass is 10.00. The van der Waals surface area contributed by atoms with Crippen molar-refractivity contribution in [2.24, 2.45) is 5.16 Å². The van der Waals surface area contributed by atoms with Crippen LogP contribution in [0.3, 0.4) is 0 Å². The number of ether oxygens (including phenoxy) is 2. The number of halogens is 3. The molecule has 4 amide bonds. The SMILES string of the molecule is CC(=O)Oc1ccc(C(=O)NNC(=O)C(C)(C)ON=C(C(=O)NC2C(=O)N3C(C(=O)O)=C(C(=S)c4cc(C)nc5nc(C(F)(F)F)nn45)CS[C@@H]23)c2csc(N)n2)cc1OC(C)=O. The first-order chi connectivity index (χ1) is 29.5. The summed E-state index contributed by atoms with van der Waals surface area (Å²) in [5, 5.41) is 20.4. The highest BCUT2D eigenvalue weighted by Crippen LogP contribution is 2.41. The van der Waals surface area contributed by atoms with Gasteiger partial charge in [0.05, 0.1) is 10.6 Å². The summed E-state index contributed by atoms with van der Waals surface area (Å²) in [6.07, 6.45) is -4.93. The molecule has 2 atom stereocenters. The number of thiocarbonyl (C=S) groups is 1. The van der Waals surface area contributed by atoms with Crippen LogP contribution in [0.4, 0.5) is 18.3 Å². The smallest absolute Gasteiger partial charge is 0.453 e. The lowest BCUT2D eigenvalue weighted by Gasteiger charge is -2.49. The van der Waals surface area contributed by atoms with Gasteiger partial charge in [0.25, 0.3) is 35.2 Å². The number of thioether (sulfide) groups is 1. The molecular formula is C35H30F3N11O11S3. The number of thiazole rings is 1. The topological polar surface area (TPSA) is 301 Å². The number of rotatable bonds is 12. The minimum Gasteiger partial charge on any atom is -0.477 e. The zero-order valence-corrected chi connectivity index (χ0v) is 35.3. The Kier molecular flexibility index (Phi) is 12.5. The molecule has 330 valence electrons. The Labute approximate surface area is 364 Å². The Bertz CT molecular complexity index is 2720. The second-order valence-corrected chi connectivity index (χ2v) is 16.0. The number of benzene rings is 1. The number of aromatic nitrogens is 5. The number of aryl methyl sites for hydroxylation is 1. The van der Waals surface area contributed by atoms with Gasteiger partial charge in [0, 0.05) is 41.8 Å². The molecule has 3 aromatic heterocycles. The van der Waals surface area contributed by atoms with E-state index < -0.39 is 87.7 Å². The van der Waals surface area contributed by atoms with Crippen LogP contribution in [0.1, 0.15) is 61.0 Å². The van der Waals surface area contributed by atoms with E-state index >= 15 is 0 Å². The van der Waals surface area contributed by atoms with E-state index in [0.29, 0.717) is 0 Å². The van der Waals surface area contributed by atoms with Crippen molar-refractivity contribution in [3.8, 4) is 11.5 Å². The summed E-state index contributed by atoms with van der Waals surface area (Å²) < 4.78 is 51.1. The molecule has 1 fully saturated rings. The molecule has 0 aliphatic carbocycles. The van der Waals surface area contributed by atoms with Crippen LogP contribution in [0, 0.1) is 6.92 Å². The third-order valence-electron chi connectivity index (χ3n) is 8.55. The molecule has 6 N–H and O–H groups in total. The average Bonchev–Trinajstić information content (AvgIpc) is 3.84. The lowest BCUT2D eigenvalue weighted by molar-refractivity contribution is -0.150. The summed E-state index contributed by atoms with van der Waals surface area (Å²) in [6, 6.07) is 3.42. The fourth-order valence-electron chi connectivity index (χ4n) is 5.69. The molecule has 1 saturated heterocycles. The monoisotopic (exact) mass is 933 g/mol. The number of nitrogen functional groups attached to an aromatic ring is 1. The van der Waals surface area contributed by atoms with Crippen molar-refractivity contribution in [2.75, 3.05) is 11.5 Å². The van der Waals surface area contributed by atoms with Gasteiger partial charge in [-0.3, -0.25) is 44.5 Å². The van der Waals surface area contributed by atoms with Crippen LogP contribution in [-0.4, -0.2) is 109 Å². The quantitative estimate of drug-likeness (QED) is 0.0255. The summed E-state index contributed by atoms with van der Waals surface area (Å²) in [6.45, 7) is 6.10. The first kappa shape index (κ1) is 45.5. The fourth-order valence-corrected chi connectivity index (χ4v) is 7.99. The first-order valence-corrected chi connectivity index (χ1v) is 20.0. The van der Waals surface area contributed by atoms with Crippen LogP contribution in [-0.2, 0) is 39.8 Å². The number of nitrogens with one attached hydrogen (secondary N) is 3. The number of anilines is 1. The number of alkyl halides is 3. The van der Waals surface area contributed by atoms with Crippen molar-refractivity contribution in [2.45, 2.75) is 57.8 Å². The summed E-state index contributed by atoms with van der Waals surface area (Å²) in [4.78, 5) is 107. The molecule has 2 aliphatic rings. The summed E-state index contributed by atoms with van der Waals surface area (Å²) in [5.74, 6) is -9.49. The molecule has 1 aromatic carbocycles. The van der Waals surface area contributed by atoms with E-state index in [1.165, 1.54) is 44.4 Å². The molecule has 6 rings (SSSR count). The minimum atomic E-state index is -4.93. The van der Waals surface area contributed by atoms with Gasteiger partial charge >= 0.3 is 24.1 Å². The number of hydrogen-bond acceptors (Lipinski definition) is 19. The van der Waals surface area contributed by atoms with Crippen LogP contribution >= 0.6 is 35.3 Å². The van der Waals surface area contributed by atoms with Gasteiger partial charge in [0.1, 0.15) is 22.8 Å². The number of β-lactam (4-membered cyclic amide) rings is 1. The first-order valence-electron chi connectivity index (χ1n) is 17.6. The molecule has 4 aromatic rings. The molecule has 2 aliphatic heterocycles. The third-order valence-corrected chi connectivity index (χ3v) is 11.0. The van der Waals surface area contributed by atoms with E-state index in [0.717, 1.165) is 52.4 Å². The summed E-state index contributed by atoms with van der Waals surface area (Å²) >= 11 is 7.47. The zero-order chi connectivity index (χ0) is 46.3. The Morgan fingerprint density at radius 1 is 1.02 bits per heavy atom. The predicted octanol–water partition coefficient (Wildman–Crippen LogP) is 1.46. The molecule has 63 heavy (non-hydrogen) atoms. The van der Waals surface area contributed by atoms with Gasteiger partial charge < -0.3 is 30.5 Å². The van der Waals surface area contributed by atoms with E-state index in [4.69, 9.17) is 32.3 Å². The molecular weight excluding hydrogens is 904 g/mol. The highest BCUT2D eigenvalue weighted by atomic mass is 32.2. The summed E-state index contributed by atoms with van der Waals surface area (Å²) in [7, 11) is 0. The number of carboxylic acids is 1. The maximum absolute atomic E-state index is 13.8. The van der Waals surface area contributed by atoms with Crippen LogP contribution in [0.5, 0.6) is 11.5 Å². The maximum atomic E-state index is 13.8. The second-order valence-electron chi connectivity index (χ2n) is 13.6. The Morgan fingerprint density at radius 3 is 2.32 bits per heavy atom. The van der Waals surface area contributed by atoms with Gasteiger partial charge in [-0.05, 0) is 45.0 Å². The number of carbonyl (C=O) groups excluding carboxylic acids is 6. The van der Waals surface area contributed by atoms with Crippen molar-refractivity contribution < 1.29 is 66.2 Å². The number of nitrogens with two attached hydrogens (primary N) is 1. The molecule has 0 saturated carbocycles. The number of esters is 2.